The molecule has 0 aromatic carbocycles. The van der Waals surface area contributed by atoms with Crippen LogP contribution < -0.4 is 5.73 Å². The van der Waals surface area contributed by atoms with Crippen molar-refractivity contribution in [1.82, 2.24) is 0 Å². The van der Waals surface area contributed by atoms with Crippen LogP contribution in [-0.2, 0) is 14.3 Å². The molecule has 0 aliphatic heterocycles. The molecule has 0 radical (unpaired) electrons. The number of rotatable bonds is 13. The molecule has 1 amide bonds. The fraction of sp³-hybridized carbons (Fsp3) is 0.867. The van der Waals surface area contributed by atoms with Gasteiger partial charge in [0.25, 0.3) is 5.91 Å². The van der Waals surface area contributed by atoms with Gasteiger partial charge in [0.2, 0.25) is 0 Å². The van der Waals surface area contributed by atoms with Crippen molar-refractivity contribution in [2.24, 2.45) is 5.73 Å². The quantitative estimate of drug-likeness (QED) is 0.413. The third-order valence-corrected chi connectivity index (χ3v) is 3.31. The minimum Gasteiger partial charge on any atom is -0.367 e. The lowest BCUT2D eigenvalue weighted by Gasteiger charge is -2.09. The highest BCUT2D eigenvalue weighted by Gasteiger charge is 2.22. The summed E-state index contributed by atoms with van der Waals surface area (Å²) in [6, 6.07) is 0. The molecule has 0 spiro atoms. The predicted molar refractivity (Wildman–Crippen MR) is 76.8 cm³/mol. The van der Waals surface area contributed by atoms with Crippen LogP contribution in [0.2, 0.25) is 0 Å². The number of ether oxygens (including phenoxy) is 1. The molecule has 1 atom stereocenters. The van der Waals surface area contributed by atoms with E-state index in [2.05, 4.69) is 6.92 Å². The van der Waals surface area contributed by atoms with E-state index in [0.717, 1.165) is 19.3 Å². The molecule has 112 valence electrons. The van der Waals surface area contributed by atoms with Crippen LogP contribution in [0.25, 0.3) is 0 Å². The number of primary amides is 1. The average Bonchev–Trinajstić information content (AvgIpc) is 2.37. The van der Waals surface area contributed by atoms with Gasteiger partial charge in [0.05, 0.1) is 0 Å². The maximum Gasteiger partial charge on any atom is 0.254 e. The number of amides is 1. The number of nitrogens with two attached hydrogens (primary N) is 1. The van der Waals surface area contributed by atoms with Crippen LogP contribution in [0.4, 0.5) is 0 Å². The van der Waals surface area contributed by atoms with Gasteiger partial charge in [-0.3, -0.25) is 9.59 Å². The van der Waals surface area contributed by atoms with Gasteiger partial charge in [0.15, 0.2) is 11.9 Å². The third kappa shape index (κ3) is 9.65. The van der Waals surface area contributed by atoms with Gasteiger partial charge in [0.1, 0.15) is 0 Å². The number of hydrogen-bond donors (Lipinski definition) is 1. The topological polar surface area (TPSA) is 69.4 Å². The second-order valence-corrected chi connectivity index (χ2v) is 5.06. The molecule has 0 rings (SSSR count). The SMILES string of the molecule is CCCCCCCCCCCC(=O)C(OC)C(N)=O. The Morgan fingerprint density at radius 1 is 0.947 bits per heavy atom. The summed E-state index contributed by atoms with van der Waals surface area (Å²) in [5.74, 6) is -0.888. The Balaban J connectivity index is 3.43. The van der Waals surface area contributed by atoms with Crippen molar-refractivity contribution in [1.29, 1.82) is 0 Å². The van der Waals surface area contributed by atoms with E-state index >= 15 is 0 Å². The van der Waals surface area contributed by atoms with Crippen molar-refractivity contribution in [3.63, 3.8) is 0 Å². The fourth-order valence-corrected chi connectivity index (χ4v) is 2.15. The van der Waals surface area contributed by atoms with Gasteiger partial charge in [0, 0.05) is 13.5 Å². The zero-order chi connectivity index (χ0) is 14.5. The van der Waals surface area contributed by atoms with Gasteiger partial charge in [-0.15, -0.1) is 0 Å². The molecule has 0 fully saturated rings. The Morgan fingerprint density at radius 2 is 1.42 bits per heavy atom. The highest BCUT2D eigenvalue weighted by atomic mass is 16.5. The van der Waals surface area contributed by atoms with Crippen molar-refractivity contribution in [2.75, 3.05) is 7.11 Å². The Hall–Kier alpha value is -0.900. The van der Waals surface area contributed by atoms with Gasteiger partial charge in [-0.2, -0.15) is 0 Å². The lowest BCUT2D eigenvalue weighted by Crippen LogP contribution is -2.37. The molecule has 0 aromatic heterocycles. The molecule has 0 aliphatic rings. The average molecular weight is 271 g/mol. The van der Waals surface area contributed by atoms with Crippen molar-refractivity contribution >= 4 is 11.7 Å². The van der Waals surface area contributed by atoms with Crippen molar-refractivity contribution in [3.8, 4) is 0 Å². The number of unbranched alkanes of at least 4 members (excludes halogenated alkanes) is 8. The summed E-state index contributed by atoms with van der Waals surface area (Å²) in [6.45, 7) is 2.22. The second-order valence-electron chi connectivity index (χ2n) is 5.06. The molecule has 0 heterocycles. The van der Waals surface area contributed by atoms with Crippen LogP contribution in [0.3, 0.4) is 0 Å². The monoisotopic (exact) mass is 271 g/mol. The van der Waals surface area contributed by atoms with E-state index in [-0.39, 0.29) is 5.78 Å². The molecule has 0 saturated carbocycles. The van der Waals surface area contributed by atoms with E-state index in [4.69, 9.17) is 10.5 Å². The highest BCUT2D eigenvalue weighted by molar-refractivity contribution is 6.03. The zero-order valence-electron chi connectivity index (χ0n) is 12.5. The summed E-state index contributed by atoms with van der Waals surface area (Å²) in [6.07, 6.45) is 10.1. The van der Waals surface area contributed by atoms with Crippen molar-refractivity contribution in [2.45, 2.75) is 77.2 Å². The second kappa shape index (κ2) is 12.2. The summed E-state index contributed by atoms with van der Waals surface area (Å²) in [7, 11) is 1.34. The molecule has 0 bridgehead atoms. The van der Waals surface area contributed by atoms with Crippen LogP contribution in [0.15, 0.2) is 0 Å². The number of ketones is 1. The molecule has 4 nitrogen and oxygen atoms in total. The van der Waals surface area contributed by atoms with E-state index in [1.165, 1.54) is 45.6 Å². The lowest BCUT2D eigenvalue weighted by atomic mass is 10.0. The van der Waals surface area contributed by atoms with Crippen LogP contribution in [0.1, 0.15) is 71.1 Å². The molecule has 0 saturated heterocycles. The van der Waals surface area contributed by atoms with Crippen LogP contribution in [-0.4, -0.2) is 24.9 Å². The fourth-order valence-electron chi connectivity index (χ4n) is 2.15. The summed E-state index contributed by atoms with van der Waals surface area (Å²) in [5.41, 5.74) is 5.07. The van der Waals surface area contributed by atoms with E-state index in [1.807, 2.05) is 0 Å². The van der Waals surface area contributed by atoms with Gasteiger partial charge in [-0.25, -0.2) is 0 Å². The first kappa shape index (κ1) is 18.1. The molecule has 0 aromatic rings. The van der Waals surface area contributed by atoms with E-state index in [0.29, 0.717) is 6.42 Å². The summed E-state index contributed by atoms with van der Waals surface area (Å²) in [5, 5.41) is 0. The highest BCUT2D eigenvalue weighted by Crippen LogP contribution is 2.11. The van der Waals surface area contributed by atoms with Gasteiger partial charge in [-0.1, -0.05) is 58.3 Å². The summed E-state index contributed by atoms with van der Waals surface area (Å²) < 4.78 is 4.78. The Kier molecular flexibility index (Phi) is 11.6. The van der Waals surface area contributed by atoms with Crippen LogP contribution >= 0.6 is 0 Å². The van der Waals surface area contributed by atoms with E-state index in [9.17, 15) is 9.59 Å². The Morgan fingerprint density at radius 3 is 1.84 bits per heavy atom. The molecule has 0 aliphatic carbocycles. The minimum atomic E-state index is -1.06. The third-order valence-electron chi connectivity index (χ3n) is 3.31. The first-order chi connectivity index (χ1) is 9.13. The maximum absolute atomic E-state index is 11.6. The molecular weight excluding hydrogens is 242 g/mol. The van der Waals surface area contributed by atoms with Gasteiger partial charge < -0.3 is 10.5 Å². The number of Topliss-reactive ketones (excluding diaryl/α,β-unsaturated/α-hetero) is 1. The first-order valence-electron chi connectivity index (χ1n) is 7.48. The maximum atomic E-state index is 11.6. The van der Waals surface area contributed by atoms with Gasteiger partial charge >= 0.3 is 0 Å². The number of carbonyl (C=O) groups is 2. The zero-order valence-corrected chi connectivity index (χ0v) is 12.5. The smallest absolute Gasteiger partial charge is 0.254 e. The summed E-state index contributed by atoms with van der Waals surface area (Å²) in [4.78, 5) is 22.5. The molecule has 1 unspecified atom stereocenters. The van der Waals surface area contributed by atoms with E-state index in [1.54, 1.807) is 0 Å². The standard InChI is InChI=1S/C15H29NO3/c1-3-4-5-6-7-8-9-10-11-12-13(17)14(19-2)15(16)18/h14H,3-12H2,1-2H3,(H2,16,18). The number of methoxy groups -OCH3 is 1. The largest absolute Gasteiger partial charge is 0.367 e. The number of hydrogen-bond acceptors (Lipinski definition) is 3. The van der Waals surface area contributed by atoms with Crippen LogP contribution in [0.5, 0.6) is 0 Å². The van der Waals surface area contributed by atoms with E-state index < -0.39 is 12.0 Å². The Labute approximate surface area is 117 Å². The summed E-state index contributed by atoms with van der Waals surface area (Å²) >= 11 is 0. The number of carbonyl (C=O) groups excluding carboxylic acids is 2. The van der Waals surface area contributed by atoms with Crippen molar-refractivity contribution < 1.29 is 14.3 Å². The lowest BCUT2D eigenvalue weighted by molar-refractivity contribution is -0.140. The first-order valence-corrected chi connectivity index (χ1v) is 7.48. The normalized spacial score (nSPS) is 12.3. The molecular formula is C15H29NO3. The van der Waals surface area contributed by atoms with Crippen molar-refractivity contribution in [3.05, 3.63) is 0 Å². The molecule has 2 N–H and O–H groups in total. The molecule has 19 heavy (non-hydrogen) atoms. The van der Waals surface area contributed by atoms with Crippen LogP contribution in [0, 0.1) is 0 Å². The predicted octanol–water partition coefficient (Wildman–Crippen LogP) is 2.98. The van der Waals surface area contributed by atoms with Gasteiger partial charge in [-0.05, 0) is 6.42 Å². The minimum absolute atomic E-state index is 0.196. The molecule has 4 heteroatoms. The Bertz CT molecular complexity index is 254.